The number of carbonyl (C=O) groups excluding carboxylic acids is 1. The van der Waals surface area contributed by atoms with Gasteiger partial charge in [0.05, 0.1) is 11.4 Å². The molecule has 0 aromatic heterocycles. The van der Waals surface area contributed by atoms with Crippen molar-refractivity contribution in [2.45, 2.75) is 0 Å². The summed E-state index contributed by atoms with van der Waals surface area (Å²) >= 11 is 6.00. The van der Waals surface area contributed by atoms with E-state index in [9.17, 15) is 9.18 Å². The monoisotopic (exact) mass is 375 g/mol. The van der Waals surface area contributed by atoms with E-state index in [4.69, 9.17) is 11.6 Å². The van der Waals surface area contributed by atoms with Crippen LogP contribution in [0.4, 0.5) is 10.1 Å². The second kappa shape index (κ2) is 7.22. The molecule has 0 fully saturated rings. The number of amides is 1. The summed E-state index contributed by atoms with van der Waals surface area (Å²) in [6, 6.07) is 22.9. The molecule has 3 aromatic carbocycles. The van der Waals surface area contributed by atoms with Crippen LogP contribution in [-0.4, -0.2) is 5.91 Å². The molecule has 0 unspecified atom stereocenters. The zero-order chi connectivity index (χ0) is 18.8. The van der Waals surface area contributed by atoms with Crippen LogP contribution in [0.15, 0.2) is 90.5 Å². The molecule has 4 heteroatoms. The molecule has 0 radical (unpaired) electrons. The minimum absolute atomic E-state index is 0.200. The summed E-state index contributed by atoms with van der Waals surface area (Å²) in [5.74, 6) is -0.592. The Bertz CT molecular complexity index is 1060. The number of anilines is 1. The zero-order valence-electron chi connectivity index (χ0n) is 14.3. The van der Waals surface area contributed by atoms with Gasteiger partial charge in [0.15, 0.2) is 0 Å². The highest BCUT2D eigenvalue weighted by Gasteiger charge is 2.30. The van der Waals surface area contributed by atoms with E-state index in [-0.39, 0.29) is 5.91 Å². The first-order valence-electron chi connectivity index (χ1n) is 8.46. The third-order valence-electron chi connectivity index (χ3n) is 4.31. The molecule has 1 aliphatic rings. The topological polar surface area (TPSA) is 20.3 Å². The van der Waals surface area contributed by atoms with Crippen LogP contribution >= 0.6 is 11.6 Å². The lowest BCUT2D eigenvalue weighted by atomic mass is 10.1. The summed E-state index contributed by atoms with van der Waals surface area (Å²) in [5.41, 5.74) is 3.46. The molecule has 1 amide bonds. The van der Waals surface area contributed by atoms with Gasteiger partial charge in [0, 0.05) is 10.6 Å². The maximum atomic E-state index is 13.8. The Morgan fingerprint density at radius 2 is 1.63 bits per heavy atom. The molecule has 2 nitrogen and oxygen atoms in total. The second-order valence-electron chi connectivity index (χ2n) is 6.17. The van der Waals surface area contributed by atoms with Crippen molar-refractivity contribution in [1.29, 1.82) is 0 Å². The molecule has 0 saturated carbocycles. The average Bonchev–Trinajstić information content (AvgIpc) is 2.99. The molecular formula is C23H15ClFNO. The summed E-state index contributed by atoms with van der Waals surface area (Å²) in [6.45, 7) is 0. The van der Waals surface area contributed by atoms with E-state index in [0.717, 1.165) is 11.1 Å². The van der Waals surface area contributed by atoms with Crippen LogP contribution in [-0.2, 0) is 4.79 Å². The Labute approximate surface area is 161 Å². The van der Waals surface area contributed by atoms with E-state index in [0.29, 0.717) is 22.0 Å². The van der Waals surface area contributed by atoms with E-state index in [1.54, 1.807) is 24.3 Å². The van der Waals surface area contributed by atoms with Crippen LogP contribution in [0.1, 0.15) is 11.1 Å². The largest absolute Gasteiger partial charge is 0.276 e. The van der Waals surface area contributed by atoms with Crippen LogP contribution in [0.3, 0.4) is 0 Å². The number of benzene rings is 3. The molecule has 0 spiro atoms. The molecule has 0 N–H and O–H groups in total. The van der Waals surface area contributed by atoms with Gasteiger partial charge in [0.25, 0.3) is 5.91 Å². The predicted molar refractivity (Wildman–Crippen MR) is 108 cm³/mol. The van der Waals surface area contributed by atoms with Gasteiger partial charge in [-0.15, -0.1) is 0 Å². The number of halogens is 2. The Morgan fingerprint density at radius 3 is 2.33 bits per heavy atom. The first kappa shape index (κ1) is 17.3. The SMILES string of the molecule is O=C1/C(=C/c2ccccc2)C=C(c2ccc(Cl)cc2)N1c1cccc(F)c1. The lowest BCUT2D eigenvalue weighted by molar-refractivity contribution is -0.113. The van der Waals surface area contributed by atoms with Crippen molar-refractivity contribution in [1.82, 2.24) is 0 Å². The van der Waals surface area contributed by atoms with Crippen molar-refractivity contribution < 1.29 is 9.18 Å². The molecule has 3 aromatic rings. The molecule has 4 rings (SSSR count). The number of rotatable bonds is 3. The second-order valence-corrected chi connectivity index (χ2v) is 6.60. The third kappa shape index (κ3) is 3.55. The van der Waals surface area contributed by atoms with Gasteiger partial charge in [-0.25, -0.2) is 4.39 Å². The van der Waals surface area contributed by atoms with Gasteiger partial charge in [0.2, 0.25) is 0 Å². The molecule has 0 atom stereocenters. The molecule has 1 aliphatic heterocycles. The van der Waals surface area contributed by atoms with Gasteiger partial charge < -0.3 is 0 Å². The fourth-order valence-electron chi connectivity index (χ4n) is 3.05. The zero-order valence-corrected chi connectivity index (χ0v) is 15.0. The fraction of sp³-hybridized carbons (Fsp3) is 0. The van der Waals surface area contributed by atoms with Crippen LogP contribution in [0.25, 0.3) is 11.8 Å². The van der Waals surface area contributed by atoms with Gasteiger partial charge in [-0.05, 0) is 53.6 Å². The first-order chi connectivity index (χ1) is 13.1. The Kier molecular flexibility index (Phi) is 4.61. The normalized spacial score (nSPS) is 15.3. The lowest BCUT2D eigenvalue weighted by Crippen LogP contribution is -2.25. The molecule has 0 bridgehead atoms. The molecular weight excluding hydrogens is 361 g/mol. The number of hydrogen-bond acceptors (Lipinski definition) is 1. The van der Waals surface area contributed by atoms with Gasteiger partial charge >= 0.3 is 0 Å². The van der Waals surface area contributed by atoms with Crippen molar-refractivity contribution in [2.75, 3.05) is 4.90 Å². The van der Waals surface area contributed by atoms with Crippen LogP contribution in [0, 0.1) is 5.82 Å². The van der Waals surface area contributed by atoms with Crippen LogP contribution in [0.5, 0.6) is 0 Å². The molecule has 0 saturated heterocycles. The highest BCUT2D eigenvalue weighted by molar-refractivity contribution is 6.30. The van der Waals surface area contributed by atoms with Crippen molar-refractivity contribution in [3.63, 3.8) is 0 Å². The molecule has 132 valence electrons. The quantitative estimate of drug-likeness (QED) is 0.518. The summed E-state index contributed by atoms with van der Waals surface area (Å²) in [7, 11) is 0. The van der Waals surface area contributed by atoms with E-state index in [1.165, 1.54) is 17.0 Å². The van der Waals surface area contributed by atoms with Crippen LogP contribution in [0.2, 0.25) is 5.02 Å². The summed E-state index contributed by atoms with van der Waals surface area (Å²) in [5, 5.41) is 0.612. The Morgan fingerprint density at radius 1 is 0.889 bits per heavy atom. The highest BCUT2D eigenvalue weighted by atomic mass is 35.5. The number of carbonyl (C=O) groups is 1. The standard InChI is InChI=1S/C23H15ClFNO/c24-19-11-9-17(10-12-19)22-14-18(13-16-5-2-1-3-6-16)23(27)26(22)21-8-4-7-20(25)15-21/h1-15H/b18-13+. The van der Waals surface area contributed by atoms with Crippen LogP contribution < -0.4 is 4.90 Å². The first-order valence-corrected chi connectivity index (χ1v) is 8.84. The lowest BCUT2D eigenvalue weighted by Gasteiger charge is -2.21. The van der Waals surface area contributed by atoms with Crippen molar-refractivity contribution in [2.24, 2.45) is 0 Å². The Balaban J connectivity index is 1.84. The van der Waals surface area contributed by atoms with Crippen molar-refractivity contribution in [3.8, 4) is 0 Å². The molecule has 1 heterocycles. The Hall–Kier alpha value is -3.17. The van der Waals surface area contributed by atoms with E-state index >= 15 is 0 Å². The maximum absolute atomic E-state index is 13.8. The molecule has 27 heavy (non-hydrogen) atoms. The van der Waals surface area contributed by atoms with E-state index < -0.39 is 5.82 Å². The maximum Gasteiger partial charge on any atom is 0.262 e. The van der Waals surface area contributed by atoms with Gasteiger partial charge in [-0.2, -0.15) is 0 Å². The smallest absolute Gasteiger partial charge is 0.262 e. The van der Waals surface area contributed by atoms with Crippen molar-refractivity contribution >= 4 is 35.0 Å². The fourth-order valence-corrected chi connectivity index (χ4v) is 3.17. The van der Waals surface area contributed by atoms with Gasteiger partial charge in [-0.3, -0.25) is 9.69 Å². The predicted octanol–water partition coefficient (Wildman–Crippen LogP) is 5.95. The number of hydrogen-bond donors (Lipinski definition) is 0. The van der Waals surface area contributed by atoms with E-state index in [2.05, 4.69) is 0 Å². The summed E-state index contributed by atoms with van der Waals surface area (Å²) in [4.78, 5) is 14.7. The summed E-state index contributed by atoms with van der Waals surface area (Å²) < 4.78 is 13.8. The third-order valence-corrected chi connectivity index (χ3v) is 4.56. The minimum Gasteiger partial charge on any atom is -0.276 e. The van der Waals surface area contributed by atoms with Crippen molar-refractivity contribution in [3.05, 3.63) is 112 Å². The summed E-state index contributed by atoms with van der Waals surface area (Å²) in [6.07, 6.45) is 3.65. The minimum atomic E-state index is -0.392. The number of nitrogens with zero attached hydrogens (tertiary/aromatic N) is 1. The van der Waals surface area contributed by atoms with Gasteiger partial charge in [0.1, 0.15) is 5.82 Å². The van der Waals surface area contributed by atoms with Gasteiger partial charge in [-0.1, -0.05) is 60.1 Å². The average molecular weight is 376 g/mol. The highest BCUT2D eigenvalue weighted by Crippen LogP contribution is 2.35. The van der Waals surface area contributed by atoms with E-state index in [1.807, 2.05) is 54.6 Å². The molecule has 0 aliphatic carbocycles.